The number of ether oxygens (including phenoxy) is 3. The monoisotopic (exact) mass is 863 g/mol. The number of pyridine rings is 1. The van der Waals surface area contributed by atoms with Gasteiger partial charge in [0.2, 0.25) is 21.8 Å². The van der Waals surface area contributed by atoms with Gasteiger partial charge in [-0.25, -0.2) is 18.2 Å². The molecule has 2 saturated carbocycles. The Morgan fingerprint density at radius 1 is 1.13 bits per heavy atom. The first-order chi connectivity index (χ1) is 28.0. The predicted octanol–water partition coefficient (Wildman–Crippen LogP) is 5.27. The minimum absolute atomic E-state index is 0.0431. The number of sulfonamides is 1. The zero-order chi connectivity index (χ0) is 43.6. The van der Waals surface area contributed by atoms with Crippen LogP contribution < -0.4 is 19.5 Å². The summed E-state index contributed by atoms with van der Waals surface area (Å²) in [4.78, 5) is 64.0. The van der Waals surface area contributed by atoms with E-state index in [2.05, 4.69) is 19.8 Å². The number of fused-ring (bicyclic) bond motifs is 5. The summed E-state index contributed by atoms with van der Waals surface area (Å²) < 4.78 is 83.5. The molecule has 3 aliphatic heterocycles. The molecule has 7 rings (SSSR count). The summed E-state index contributed by atoms with van der Waals surface area (Å²) >= 11 is 0. The van der Waals surface area contributed by atoms with E-state index < -0.39 is 85.4 Å². The maximum Gasteiger partial charge on any atom is 0.573 e. The van der Waals surface area contributed by atoms with Crippen molar-refractivity contribution in [2.75, 3.05) is 20.3 Å². The van der Waals surface area contributed by atoms with Crippen molar-refractivity contribution in [1.82, 2.24) is 24.8 Å². The molecule has 1 saturated heterocycles. The van der Waals surface area contributed by atoms with Gasteiger partial charge in [-0.05, 0) is 97.3 Å². The first kappa shape index (κ1) is 43.4. The summed E-state index contributed by atoms with van der Waals surface area (Å²) in [5, 5.41) is 13.9. The molecule has 2 aromatic rings. The van der Waals surface area contributed by atoms with Gasteiger partial charge in [-0.3, -0.25) is 24.0 Å². The Balaban J connectivity index is 1.28. The lowest BCUT2D eigenvalue weighted by Crippen LogP contribution is -2.62. The van der Waals surface area contributed by atoms with Crippen LogP contribution in [0, 0.1) is 12.8 Å². The highest BCUT2D eigenvalue weighted by Gasteiger charge is 2.64. The number of hydrogen-bond acceptors (Lipinski definition) is 10. The van der Waals surface area contributed by atoms with Crippen LogP contribution in [0.1, 0.15) is 96.2 Å². The summed E-state index contributed by atoms with van der Waals surface area (Å²) in [5.74, 6) is -2.98. The average molecular weight is 864 g/mol. The number of carboxylic acid groups (broad SMARTS) is 1. The Labute approximate surface area is 346 Å². The smallest absolute Gasteiger partial charge is 0.483 e. The summed E-state index contributed by atoms with van der Waals surface area (Å²) in [6.07, 6.45) is 1.16. The Morgan fingerprint density at radius 3 is 2.53 bits per heavy atom. The average Bonchev–Trinajstić information content (AvgIpc) is 4.04. The third-order valence-corrected chi connectivity index (χ3v) is 15.0. The van der Waals surface area contributed by atoms with Gasteiger partial charge >= 0.3 is 12.5 Å². The maximum absolute atomic E-state index is 15.1. The predicted molar refractivity (Wildman–Crippen MR) is 210 cm³/mol. The summed E-state index contributed by atoms with van der Waals surface area (Å²) in [7, 11) is -2.66. The summed E-state index contributed by atoms with van der Waals surface area (Å²) in [6, 6.07) is 1.27. The van der Waals surface area contributed by atoms with Gasteiger partial charge < -0.3 is 29.5 Å². The fourth-order valence-corrected chi connectivity index (χ4v) is 10.5. The minimum atomic E-state index is -4.93. The third kappa shape index (κ3) is 8.22. The van der Waals surface area contributed by atoms with Crippen molar-refractivity contribution in [3.05, 3.63) is 41.6 Å². The van der Waals surface area contributed by atoms with E-state index in [9.17, 15) is 41.1 Å². The molecule has 3 N–H and O–H groups in total. The van der Waals surface area contributed by atoms with E-state index in [0.717, 1.165) is 4.90 Å². The standard InChI is InChI=1S/C41H52F3N5O10S/c1-24-32-27(28-19-26(58-41(42,43)44)13-14-29(28)45-24)15-16-39(59-32)21-31-33(50)46-40(35(52)47-60(55,56)38(4)17-18-38)20-25(40)11-9-7-6-8-10-12-30(34(51)48(31)22-39)49(36(53)54)37(2,3)23-57-5/h9,11,13-14,19,25,30-31H,6-8,10,12,15-18,20-23H2,1-5H3,(H,46,50)(H,47,52)(H,53,54)/b11-9-/t25-,30+,31+,39-,40-/m1/s1. The van der Waals surface area contributed by atoms with Gasteiger partial charge in [-0.15, -0.1) is 13.2 Å². The largest absolute Gasteiger partial charge is 0.573 e. The molecule has 0 unspecified atom stereocenters. The number of methoxy groups -OCH3 is 1. The molecule has 1 aromatic heterocycles. The fourth-order valence-electron chi connectivity index (χ4n) is 9.19. The van der Waals surface area contributed by atoms with Gasteiger partial charge in [0.15, 0.2) is 0 Å². The van der Waals surface area contributed by atoms with E-state index >= 15 is 4.79 Å². The Kier molecular flexibility index (Phi) is 11.1. The van der Waals surface area contributed by atoms with Crippen LogP contribution >= 0.6 is 0 Å². The van der Waals surface area contributed by atoms with E-state index in [4.69, 9.17) is 9.47 Å². The van der Waals surface area contributed by atoms with Crippen LogP contribution in [0.25, 0.3) is 10.9 Å². The number of halogens is 3. The number of nitrogens with zero attached hydrogens (tertiary/aromatic N) is 3. The van der Waals surface area contributed by atoms with Crippen molar-refractivity contribution in [2.24, 2.45) is 5.92 Å². The van der Waals surface area contributed by atoms with Crippen LogP contribution in [0.5, 0.6) is 11.5 Å². The maximum atomic E-state index is 15.1. The van der Waals surface area contributed by atoms with Crippen LogP contribution in [0.3, 0.4) is 0 Å². The van der Waals surface area contributed by atoms with Crippen LogP contribution in [-0.2, 0) is 35.6 Å². The van der Waals surface area contributed by atoms with Crippen LogP contribution in [-0.4, -0.2) is 112 Å². The van der Waals surface area contributed by atoms with Gasteiger partial charge in [0.25, 0.3) is 5.91 Å². The number of aryl methyl sites for hydroxylation is 2. The number of aromatic nitrogens is 1. The lowest BCUT2D eigenvalue weighted by Gasteiger charge is -2.42. The Bertz CT molecular complexity index is 2230. The molecule has 0 bridgehead atoms. The topological polar surface area (TPSA) is 194 Å². The van der Waals surface area contributed by atoms with E-state index in [1.54, 1.807) is 33.8 Å². The number of allylic oxidation sites excluding steroid dienone is 1. The molecule has 0 radical (unpaired) electrons. The van der Waals surface area contributed by atoms with E-state index in [-0.39, 0.29) is 51.0 Å². The highest BCUT2D eigenvalue weighted by atomic mass is 32.2. The van der Waals surface area contributed by atoms with Crippen molar-refractivity contribution in [3.63, 3.8) is 0 Å². The van der Waals surface area contributed by atoms with E-state index in [0.29, 0.717) is 60.7 Å². The number of hydrogen-bond donors (Lipinski definition) is 3. The van der Waals surface area contributed by atoms with Gasteiger partial charge in [-0.2, -0.15) is 0 Å². The van der Waals surface area contributed by atoms with Crippen LogP contribution in [0.2, 0.25) is 0 Å². The summed E-state index contributed by atoms with van der Waals surface area (Å²) in [6.45, 7) is 6.30. The highest BCUT2D eigenvalue weighted by molar-refractivity contribution is 7.91. The molecule has 60 heavy (non-hydrogen) atoms. The number of carbonyl (C=O) groups excluding carboxylic acids is 3. The fraction of sp³-hybridized carbons (Fsp3) is 0.634. The lowest BCUT2D eigenvalue weighted by molar-refractivity contribution is -0.274. The summed E-state index contributed by atoms with van der Waals surface area (Å²) in [5.41, 5.74) is -2.67. The molecule has 5 atom stereocenters. The van der Waals surface area contributed by atoms with Crippen molar-refractivity contribution >= 4 is 44.7 Å². The number of carbonyl (C=O) groups is 4. The van der Waals surface area contributed by atoms with Gasteiger partial charge in [0.1, 0.15) is 34.7 Å². The molecular weight excluding hydrogens is 812 g/mol. The second-order valence-electron chi connectivity index (χ2n) is 17.8. The SMILES string of the molecule is COCC(C)(C)N(C(=O)O)[C@H]1CCCCC/C=C\[C@@H]2C[C@@]2(C(=O)NS(=O)(=O)C2(C)CC2)NC(=O)[C@@H]2C[C@]3(CCc4c(c(C)nc5ccc(OC(F)(F)F)cc45)O3)CN2C1=O. The van der Waals surface area contributed by atoms with Crippen molar-refractivity contribution in [1.29, 1.82) is 0 Å². The minimum Gasteiger partial charge on any atom is -0.483 e. The lowest BCUT2D eigenvalue weighted by atomic mass is 9.87. The zero-order valence-corrected chi connectivity index (χ0v) is 35.1. The van der Waals surface area contributed by atoms with E-state index in [1.807, 2.05) is 6.08 Å². The normalized spacial score (nSPS) is 28.5. The number of alkyl halides is 3. The molecule has 1 spiro atoms. The molecule has 4 heterocycles. The van der Waals surface area contributed by atoms with E-state index in [1.165, 1.54) is 30.2 Å². The third-order valence-electron chi connectivity index (χ3n) is 12.8. The van der Waals surface area contributed by atoms with Gasteiger partial charge in [0.05, 0.1) is 34.6 Å². The molecule has 5 aliphatic rings. The molecule has 4 amide bonds. The molecule has 2 aliphatic carbocycles. The van der Waals surface area contributed by atoms with Crippen LogP contribution in [0.4, 0.5) is 18.0 Å². The number of benzene rings is 1. The first-order valence-corrected chi connectivity index (χ1v) is 21.8. The first-order valence-electron chi connectivity index (χ1n) is 20.3. The number of amides is 4. The van der Waals surface area contributed by atoms with Gasteiger partial charge in [0, 0.05) is 30.4 Å². The van der Waals surface area contributed by atoms with Crippen molar-refractivity contribution in [3.8, 4) is 11.5 Å². The van der Waals surface area contributed by atoms with Crippen molar-refractivity contribution < 1.29 is 60.1 Å². The molecule has 1 aromatic carbocycles. The van der Waals surface area contributed by atoms with Gasteiger partial charge in [-0.1, -0.05) is 25.0 Å². The molecule has 15 nitrogen and oxygen atoms in total. The van der Waals surface area contributed by atoms with Crippen molar-refractivity contribution in [2.45, 2.75) is 138 Å². The number of nitrogens with one attached hydrogen (secondary N) is 2. The second kappa shape index (κ2) is 15.4. The molecule has 19 heteroatoms. The highest BCUT2D eigenvalue weighted by Crippen LogP contribution is 2.49. The second-order valence-corrected chi connectivity index (χ2v) is 20.0. The number of rotatable bonds is 8. The Hall–Kier alpha value is -4.65. The quantitative estimate of drug-likeness (QED) is 0.293. The molecule has 328 valence electrons. The molecule has 3 fully saturated rings. The molecular formula is C41H52F3N5O10S. The van der Waals surface area contributed by atoms with Crippen LogP contribution in [0.15, 0.2) is 30.4 Å². The zero-order valence-electron chi connectivity index (χ0n) is 34.3. The Morgan fingerprint density at radius 2 is 1.87 bits per heavy atom.